The van der Waals surface area contributed by atoms with Crippen LogP contribution in [0.4, 0.5) is 0 Å². The predicted molar refractivity (Wildman–Crippen MR) is 278 cm³/mol. The van der Waals surface area contributed by atoms with E-state index in [4.69, 9.17) is 19.9 Å². The van der Waals surface area contributed by atoms with Crippen LogP contribution >= 0.6 is 11.3 Å². The van der Waals surface area contributed by atoms with Crippen molar-refractivity contribution in [2.24, 2.45) is 0 Å². The molecular weight excluding hydrogens is 837 g/mol. The van der Waals surface area contributed by atoms with Crippen LogP contribution in [-0.4, -0.2) is 29.1 Å². The van der Waals surface area contributed by atoms with Crippen molar-refractivity contribution in [2.75, 3.05) is 0 Å². The minimum absolute atomic E-state index is 0.544. The Labute approximate surface area is 388 Å². The SMILES string of the molecule is c1ccc(-c2nc(-c3cccc4nc(-c5ccccc5)sc34)nc(-n3c4ccccc4c4ccc5c6ccccc6n(-c6ccc(-c7cc8ccccc8c8ccccc78)cc6)c5c43)n2)cc1. The second kappa shape index (κ2) is 14.9. The first-order valence-electron chi connectivity index (χ1n) is 22.5. The summed E-state index contributed by atoms with van der Waals surface area (Å²) in [4.78, 5) is 21.2. The molecule has 0 saturated heterocycles. The Bertz CT molecular complexity index is 4260. The molecule has 0 aliphatic heterocycles. The molecule has 14 aromatic rings. The minimum atomic E-state index is 0.544. The van der Waals surface area contributed by atoms with E-state index in [1.165, 1.54) is 38.1 Å². The van der Waals surface area contributed by atoms with Gasteiger partial charge in [0.15, 0.2) is 11.6 Å². The molecule has 67 heavy (non-hydrogen) atoms. The van der Waals surface area contributed by atoms with Gasteiger partial charge in [0.1, 0.15) is 5.01 Å². The first-order valence-corrected chi connectivity index (χ1v) is 23.3. The molecule has 0 aliphatic carbocycles. The lowest BCUT2D eigenvalue weighted by atomic mass is 9.93. The molecule has 10 aromatic carbocycles. The van der Waals surface area contributed by atoms with Crippen LogP contribution in [-0.2, 0) is 0 Å². The van der Waals surface area contributed by atoms with Crippen molar-refractivity contribution in [1.29, 1.82) is 0 Å². The molecule has 0 amide bonds. The van der Waals surface area contributed by atoms with Gasteiger partial charge in [0.2, 0.25) is 5.95 Å². The number of fused-ring (bicyclic) bond motifs is 11. The summed E-state index contributed by atoms with van der Waals surface area (Å²) in [6.45, 7) is 0. The highest BCUT2D eigenvalue weighted by Gasteiger charge is 2.24. The van der Waals surface area contributed by atoms with E-state index in [0.717, 1.165) is 75.8 Å². The third-order valence-corrected chi connectivity index (χ3v) is 14.4. The summed E-state index contributed by atoms with van der Waals surface area (Å²) in [5.41, 5.74) is 11.5. The average molecular weight is 873 g/mol. The molecule has 0 spiro atoms. The summed E-state index contributed by atoms with van der Waals surface area (Å²) in [5, 5.41) is 10.5. The van der Waals surface area contributed by atoms with E-state index in [2.05, 4.69) is 197 Å². The highest BCUT2D eigenvalue weighted by Crippen LogP contribution is 2.43. The Kier molecular flexibility index (Phi) is 8.35. The van der Waals surface area contributed by atoms with Gasteiger partial charge in [-0.05, 0) is 75.1 Å². The summed E-state index contributed by atoms with van der Waals surface area (Å²) < 4.78 is 5.72. The van der Waals surface area contributed by atoms with Gasteiger partial charge >= 0.3 is 0 Å². The maximum atomic E-state index is 5.47. The maximum absolute atomic E-state index is 5.47. The number of benzene rings is 10. The molecule has 4 aromatic heterocycles. The predicted octanol–water partition coefficient (Wildman–Crippen LogP) is 15.6. The van der Waals surface area contributed by atoms with Crippen LogP contribution in [0.1, 0.15) is 0 Å². The van der Waals surface area contributed by atoms with Crippen molar-refractivity contribution in [2.45, 2.75) is 0 Å². The Balaban J connectivity index is 1.03. The Morgan fingerprint density at radius 2 is 0.925 bits per heavy atom. The fourth-order valence-electron chi connectivity index (χ4n) is 10.2. The first kappa shape index (κ1) is 37.6. The van der Waals surface area contributed by atoms with Crippen LogP contribution in [0.25, 0.3) is 131 Å². The van der Waals surface area contributed by atoms with E-state index in [1.54, 1.807) is 11.3 Å². The van der Waals surface area contributed by atoms with Crippen molar-refractivity contribution in [1.82, 2.24) is 29.1 Å². The molecule has 0 bridgehead atoms. The molecule has 0 unspecified atom stereocenters. The second-order valence-corrected chi connectivity index (χ2v) is 18.0. The normalized spacial score (nSPS) is 11.9. The Morgan fingerprint density at radius 3 is 1.66 bits per heavy atom. The zero-order valence-corrected chi connectivity index (χ0v) is 36.7. The first-order chi connectivity index (χ1) is 33.2. The zero-order valence-electron chi connectivity index (χ0n) is 35.9. The maximum Gasteiger partial charge on any atom is 0.238 e. The summed E-state index contributed by atoms with van der Waals surface area (Å²) in [5.74, 6) is 1.73. The van der Waals surface area contributed by atoms with Gasteiger partial charge < -0.3 is 4.57 Å². The van der Waals surface area contributed by atoms with Crippen LogP contribution in [0.3, 0.4) is 0 Å². The second-order valence-electron chi connectivity index (χ2n) is 17.0. The lowest BCUT2D eigenvalue weighted by Gasteiger charge is -2.14. The van der Waals surface area contributed by atoms with Crippen molar-refractivity contribution in [3.05, 3.63) is 218 Å². The molecule has 0 fully saturated rings. The largest absolute Gasteiger partial charge is 0.307 e. The number of para-hydroxylation sites is 2. The lowest BCUT2D eigenvalue weighted by Crippen LogP contribution is -2.07. The van der Waals surface area contributed by atoms with Crippen LogP contribution in [0.2, 0.25) is 0 Å². The van der Waals surface area contributed by atoms with Crippen molar-refractivity contribution in [3.63, 3.8) is 0 Å². The van der Waals surface area contributed by atoms with Gasteiger partial charge in [0.05, 0.1) is 32.3 Å². The van der Waals surface area contributed by atoms with Gasteiger partial charge in [-0.2, -0.15) is 9.97 Å². The molecule has 0 N–H and O–H groups in total. The van der Waals surface area contributed by atoms with Gasteiger partial charge in [-0.1, -0.05) is 176 Å². The molecule has 6 nitrogen and oxygen atoms in total. The number of nitrogens with zero attached hydrogens (tertiary/aromatic N) is 6. The number of hydrogen-bond acceptors (Lipinski definition) is 5. The van der Waals surface area contributed by atoms with E-state index < -0.39 is 0 Å². The minimum Gasteiger partial charge on any atom is -0.307 e. The molecular formula is C60H36N6S. The number of hydrogen-bond donors (Lipinski definition) is 0. The van der Waals surface area contributed by atoms with Crippen LogP contribution in [0.5, 0.6) is 0 Å². The third-order valence-electron chi connectivity index (χ3n) is 13.2. The highest BCUT2D eigenvalue weighted by atomic mass is 32.1. The highest BCUT2D eigenvalue weighted by molar-refractivity contribution is 7.22. The van der Waals surface area contributed by atoms with Crippen molar-refractivity contribution < 1.29 is 0 Å². The Hall–Kier alpha value is -8.78. The summed E-state index contributed by atoms with van der Waals surface area (Å²) in [7, 11) is 0. The van der Waals surface area contributed by atoms with Crippen molar-refractivity contribution >= 4 is 86.7 Å². The van der Waals surface area contributed by atoms with E-state index >= 15 is 0 Å². The van der Waals surface area contributed by atoms with Crippen LogP contribution in [0, 0.1) is 0 Å². The third kappa shape index (κ3) is 5.88. The van der Waals surface area contributed by atoms with Crippen molar-refractivity contribution in [3.8, 4) is 56.1 Å². The molecule has 14 rings (SSSR count). The fourth-order valence-corrected chi connectivity index (χ4v) is 11.3. The Morgan fingerprint density at radius 1 is 0.343 bits per heavy atom. The fraction of sp³-hybridized carbons (Fsp3) is 0. The summed E-state index contributed by atoms with van der Waals surface area (Å²) in [6, 6.07) is 77.5. The van der Waals surface area contributed by atoms with E-state index in [1.807, 2.05) is 30.3 Å². The number of thiazole rings is 1. The van der Waals surface area contributed by atoms with E-state index in [-0.39, 0.29) is 0 Å². The molecule has 0 atom stereocenters. The molecule has 4 heterocycles. The van der Waals surface area contributed by atoms with Gasteiger partial charge in [0, 0.05) is 43.9 Å². The quantitative estimate of drug-likeness (QED) is 0.156. The standard InChI is InChI=1S/C60H36N6S/c1-3-16-38(17-4-1)57-62-58(49-26-15-27-51-56(49)67-59(61-51)39-18-5-2-6-19-39)64-60(63-57)66-53-29-14-12-25-46(53)48-35-34-47-45-24-11-13-28-52(45)65(54(47)55(48)66)41-32-30-37(31-33-41)50-36-40-20-7-8-21-42(40)43-22-9-10-23-44(43)50/h1-36H. The monoisotopic (exact) mass is 872 g/mol. The van der Waals surface area contributed by atoms with Crippen LogP contribution in [0.15, 0.2) is 218 Å². The lowest BCUT2D eigenvalue weighted by molar-refractivity contribution is 0.954. The smallest absolute Gasteiger partial charge is 0.238 e. The number of rotatable bonds is 6. The van der Waals surface area contributed by atoms with E-state index in [9.17, 15) is 0 Å². The average Bonchev–Trinajstić information content (AvgIpc) is 4.10. The molecule has 0 radical (unpaired) electrons. The van der Waals surface area contributed by atoms with Gasteiger partial charge in [0.25, 0.3) is 0 Å². The van der Waals surface area contributed by atoms with Gasteiger partial charge in [-0.15, -0.1) is 11.3 Å². The topological polar surface area (TPSA) is 61.4 Å². The molecule has 0 aliphatic rings. The van der Waals surface area contributed by atoms with E-state index in [0.29, 0.717) is 17.6 Å². The number of aromatic nitrogens is 6. The molecule has 7 heteroatoms. The summed E-state index contributed by atoms with van der Waals surface area (Å²) >= 11 is 1.66. The zero-order chi connectivity index (χ0) is 44.0. The van der Waals surface area contributed by atoms with Crippen LogP contribution < -0.4 is 0 Å². The molecule has 0 saturated carbocycles. The van der Waals surface area contributed by atoms with Gasteiger partial charge in [-0.3, -0.25) is 4.57 Å². The summed E-state index contributed by atoms with van der Waals surface area (Å²) in [6.07, 6.45) is 0. The molecule has 312 valence electrons. The van der Waals surface area contributed by atoms with Gasteiger partial charge in [-0.25, -0.2) is 9.97 Å².